The van der Waals surface area contributed by atoms with E-state index in [1.54, 1.807) is 0 Å². The van der Waals surface area contributed by atoms with Gasteiger partial charge < -0.3 is 5.32 Å². The molecule has 1 heteroatoms. The zero-order valence-electron chi connectivity index (χ0n) is 7.90. The molecule has 0 aromatic carbocycles. The number of piperidine rings is 1. The zero-order chi connectivity index (χ0) is 8.10. The number of unbranched alkanes of at least 4 members (excludes halogenated alkanes) is 1. The van der Waals surface area contributed by atoms with Crippen molar-refractivity contribution in [3.8, 4) is 0 Å². The van der Waals surface area contributed by atoms with E-state index in [-0.39, 0.29) is 0 Å². The van der Waals surface area contributed by atoms with Gasteiger partial charge in [-0.3, -0.25) is 0 Å². The maximum Gasteiger partial charge on any atom is -0.00205 e. The molecule has 11 heavy (non-hydrogen) atoms. The van der Waals surface area contributed by atoms with Gasteiger partial charge in [0.15, 0.2) is 0 Å². The number of nitrogens with one attached hydrogen (secondary N) is 1. The number of rotatable bonds is 3. The van der Waals surface area contributed by atoms with Crippen molar-refractivity contribution in [1.82, 2.24) is 5.32 Å². The molecule has 1 rings (SSSR count). The Bertz CT molecular complexity index is 101. The molecular weight excluding hydrogens is 134 g/mol. The molecule has 0 amide bonds. The van der Waals surface area contributed by atoms with Gasteiger partial charge in [0.1, 0.15) is 0 Å². The molecule has 1 aliphatic rings. The molecule has 0 aromatic heterocycles. The second-order valence-corrected chi connectivity index (χ2v) is 3.87. The van der Waals surface area contributed by atoms with Crippen LogP contribution in [-0.2, 0) is 0 Å². The van der Waals surface area contributed by atoms with Gasteiger partial charge in [-0.25, -0.2) is 0 Å². The van der Waals surface area contributed by atoms with Crippen LogP contribution in [0.15, 0.2) is 0 Å². The van der Waals surface area contributed by atoms with E-state index < -0.39 is 0 Å². The van der Waals surface area contributed by atoms with E-state index in [4.69, 9.17) is 0 Å². The molecule has 1 nitrogen and oxygen atoms in total. The fourth-order valence-electron chi connectivity index (χ4n) is 1.96. The Morgan fingerprint density at radius 3 is 2.91 bits per heavy atom. The lowest BCUT2D eigenvalue weighted by atomic mass is 9.84. The van der Waals surface area contributed by atoms with Gasteiger partial charge in [-0.1, -0.05) is 33.1 Å². The summed E-state index contributed by atoms with van der Waals surface area (Å²) in [4.78, 5) is 0. The summed E-state index contributed by atoms with van der Waals surface area (Å²) in [6, 6.07) is 0. The van der Waals surface area contributed by atoms with E-state index in [9.17, 15) is 0 Å². The van der Waals surface area contributed by atoms with Gasteiger partial charge in [0, 0.05) is 0 Å². The van der Waals surface area contributed by atoms with E-state index in [1.807, 2.05) is 0 Å². The van der Waals surface area contributed by atoms with Gasteiger partial charge in [-0.05, 0) is 31.3 Å². The summed E-state index contributed by atoms with van der Waals surface area (Å²) in [5.41, 5.74) is 0. The lowest BCUT2D eigenvalue weighted by molar-refractivity contribution is 0.254. The monoisotopic (exact) mass is 155 g/mol. The summed E-state index contributed by atoms with van der Waals surface area (Å²) in [5.74, 6) is 1.92. The minimum atomic E-state index is 0.912. The first-order valence-electron chi connectivity index (χ1n) is 5.05. The Kier molecular flexibility index (Phi) is 3.92. The molecule has 0 aliphatic carbocycles. The van der Waals surface area contributed by atoms with Crippen molar-refractivity contribution in [2.75, 3.05) is 13.1 Å². The highest BCUT2D eigenvalue weighted by Crippen LogP contribution is 2.23. The van der Waals surface area contributed by atoms with Gasteiger partial charge in [-0.2, -0.15) is 0 Å². The fourth-order valence-corrected chi connectivity index (χ4v) is 1.96. The lowest BCUT2D eigenvalue weighted by Crippen LogP contribution is -2.34. The SMILES string of the molecule is CCCC[C@H]1CCNCC1C. The van der Waals surface area contributed by atoms with Crippen molar-refractivity contribution in [1.29, 1.82) is 0 Å². The normalized spacial score (nSPS) is 32.2. The first-order chi connectivity index (χ1) is 5.34. The molecule has 0 bridgehead atoms. The molecule has 1 heterocycles. The Morgan fingerprint density at radius 1 is 1.45 bits per heavy atom. The average molecular weight is 155 g/mol. The van der Waals surface area contributed by atoms with Crippen molar-refractivity contribution >= 4 is 0 Å². The smallest absolute Gasteiger partial charge is 0.00205 e. The molecule has 1 fully saturated rings. The Morgan fingerprint density at radius 2 is 2.27 bits per heavy atom. The molecule has 0 spiro atoms. The third kappa shape index (κ3) is 2.82. The predicted molar refractivity (Wildman–Crippen MR) is 49.7 cm³/mol. The highest BCUT2D eigenvalue weighted by Gasteiger charge is 2.19. The molecule has 0 aromatic rings. The van der Waals surface area contributed by atoms with E-state index in [0.29, 0.717) is 0 Å². The van der Waals surface area contributed by atoms with Crippen LogP contribution in [0.5, 0.6) is 0 Å². The molecule has 66 valence electrons. The minimum absolute atomic E-state index is 0.912. The summed E-state index contributed by atoms with van der Waals surface area (Å²) < 4.78 is 0. The minimum Gasteiger partial charge on any atom is -0.316 e. The first-order valence-corrected chi connectivity index (χ1v) is 5.05. The first kappa shape index (κ1) is 9.05. The third-order valence-corrected chi connectivity index (χ3v) is 2.89. The topological polar surface area (TPSA) is 12.0 Å². The maximum atomic E-state index is 3.44. The largest absolute Gasteiger partial charge is 0.316 e. The van der Waals surface area contributed by atoms with Crippen molar-refractivity contribution in [3.63, 3.8) is 0 Å². The van der Waals surface area contributed by atoms with Crippen LogP contribution in [0, 0.1) is 11.8 Å². The van der Waals surface area contributed by atoms with Crippen molar-refractivity contribution in [2.45, 2.75) is 39.5 Å². The van der Waals surface area contributed by atoms with Crippen molar-refractivity contribution in [2.24, 2.45) is 11.8 Å². The van der Waals surface area contributed by atoms with Gasteiger partial charge in [0.2, 0.25) is 0 Å². The van der Waals surface area contributed by atoms with Gasteiger partial charge in [-0.15, -0.1) is 0 Å². The van der Waals surface area contributed by atoms with Gasteiger partial charge in [0.05, 0.1) is 0 Å². The van der Waals surface area contributed by atoms with Gasteiger partial charge >= 0.3 is 0 Å². The highest BCUT2D eigenvalue weighted by atomic mass is 14.9. The molecule has 1 unspecified atom stereocenters. The highest BCUT2D eigenvalue weighted by molar-refractivity contribution is 4.74. The van der Waals surface area contributed by atoms with Crippen LogP contribution in [-0.4, -0.2) is 13.1 Å². The number of hydrogen-bond donors (Lipinski definition) is 1. The van der Waals surface area contributed by atoms with Gasteiger partial charge in [0.25, 0.3) is 0 Å². The second kappa shape index (κ2) is 4.76. The fraction of sp³-hybridized carbons (Fsp3) is 1.00. The molecule has 1 saturated heterocycles. The predicted octanol–water partition coefficient (Wildman–Crippen LogP) is 2.42. The standard InChI is InChI=1S/C10H21N/c1-3-4-5-10-6-7-11-8-9(10)2/h9-11H,3-8H2,1-2H3/t9?,10-/m0/s1. The van der Waals surface area contributed by atoms with Crippen molar-refractivity contribution in [3.05, 3.63) is 0 Å². The summed E-state index contributed by atoms with van der Waals surface area (Å²) in [7, 11) is 0. The van der Waals surface area contributed by atoms with Crippen LogP contribution >= 0.6 is 0 Å². The zero-order valence-corrected chi connectivity index (χ0v) is 7.90. The quantitative estimate of drug-likeness (QED) is 0.660. The second-order valence-electron chi connectivity index (χ2n) is 3.87. The van der Waals surface area contributed by atoms with Crippen molar-refractivity contribution < 1.29 is 0 Å². The Balaban J connectivity index is 2.18. The average Bonchev–Trinajstić information content (AvgIpc) is 2.03. The van der Waals surface area contributed by atoms with Crippen LogP contribution < -0.4 is 5.32 Å². The van der Waals surface area contributed by atoms with Crippen LogP contribution in [0.25, 0.3) is 0 Å². The van der Waals surface area contributed by atoms with Crippen LogP contribution in [0.1, 0.15) is 39.5 Å². The Labute approximate surface area is 70.6 Å². The van der Waals surface area contributed by atoms with Crippen LogP contribution in [0.3, 0.4) is 0 Å². The molecule has 2 atom stereocenters. The summed E-state index contributed by atoms with van der Waals surface area (Å²) in [6.07, 6.45) is 5.65. The molecule has 0 radical (unpaired) electrons. The summed E-state index contributed by atoms with van der Waals surface area (Å²) in [5, 5.41) is 3.44. The summed E-state index contributed by atoms with van der Waals surface area (Å²) in [6.45, 7) is 7.16. The summed E-state index contributed by atoms with van der Waals surface area (Å²) >= 11 is 0. The van der Waals surface area contributed by atoms with Crippen LogP contribution in [0.2, 0.25) is 0 Å². The van der Waals surface area contributed by atoms with Crippen LogP contribution in [0.4, 0.5) is 0 Å². The Hall–Kier alpha value is -0.0400. The third-order valence-electron chi connectivity index (χ3n) is 2.89. The molecule has 1 aliphatic heterocycles. The van der Waals surface area contributed by atoms with E-state index in [0.717, 1.165) is 11.8 Å². The van der Waals surface area contributed by atoms with E-state index in [2.05, 4.69) is 19.2 Å². The molecule has 0 saturated carbocycles. The maximum absolute atomic E-state index is 3.44. The van der Waals surface area contributed by atoms with E-state index in [1.165, 1.54) is 38.8 Å². The number of hydrogen-bond acceptors (Lipinski definition) is 1. The van der Waals surface area contributed by atoms with E-state index >= 15 is 0 Å². The molecule has 1 N–H and O–H groups in total. The molecular formula is C10H21N. The lowest BCUT2D eigenvalue weighted by Gasteiger charge is -2.29.